The van der Waals surface area contributed by atoms with Gasteiger partial charge in [0.1, 0.15) is 7.05 Å². The highest BCUT2D eigenvalue weighted by atomic mass is 35.5. The molecule has 27 heavy (non-hydrogen) atoms. The number of aromatic nitrogens is 3. The van der Waals surface area contributed by atoms with Gasteiger partial charge >= 0.3 is 0 Å². The molecular formula is C19H24ClN7. The molecule has 1 aromatic carbocycles. The summed E-state index contributed by atoms with van der Waals surface area (Å²) in [5.74, 6) is 0.508. The molecule has 2 aromatic heterocycles. The Morgan fingerprint density at radius 1 is 0.963 bits per heavy atom. The molecule has 0 amide bonds. The number of aryl methyl sites for hydroxylation is 3. The number of para-hydroxylation sites is 2. The van der Waals surface area contributed by atoms with Gasteiger partial charge in [0.25, 0.3) is 0 Å². The van der Waals surface area contributed by atoms with Crippen LogP contribution in [0.4, 0.5) is 5.69 Å². The number of azo groups is 1. The Kier molecular flexibility index (Phi) is 7.01. The van der Waals surface area contributed by atoms with E-state index in [9.17, 15) is 0 Å². The van der Waals surface area contributed by atoms with E-state index >= 15 is 0 Å². The van der Waals surface area contributed by atoms with Gasteiger partial charge in [0.05, 0.1) is 16.7 Å². The van der Waals surface area contributed by atoms with Crippen LogP contribution in [-0.2, 0) is 20.1 Å². The van der Waals surface area contributed by atoms with Crippen molar-refractivity contribution in [2.75, 3.05) is 0 Å². The van der Waals surface area contributed by atoms with Crippen LogP contribution < -0.4 is 22.6 Å². The molecule has 0 saturated heterocycles. The molecule has 0 fully saturated rings. The number of hydrogen-bond donors (Lipinski definition) is 0. The van der Waals surface area contributed by atoms with E-state index in [2.05, 4.69) is 55.5 Å². The average Bonchev–Trinajstić information content (AvgIpc) is 2.98. The van der Waals surface area contributed by atoms with Crippen molar-refractivity contribution in [3.63, 3.8) is 0 Å². The SMILES string of the molecule is CCn1c(=NN=C(C)N=Nc2cc[n+](C)cc2)n(CC)c2ccccc21.[Cl-]. The third-order valence-electron chi connectivity index (χ3n) is 4.13. The van der Waals surface area contributed by atoms with Crippen molar-refractivity contribution in [1.29, 1.82) is 0 Å². The number of benzene rings is 1. The summed E-state index contributed by atoms with van der Waals surface area (Å²) in [6, 6.07) is 12.1. The predicted octanol–water partition coefficient (Wildman–Crippen LogP) is 0.329. The first-order valence-corrected chi connectivity index (χ1v) is 8.77. The van der Waals surface area contributed by atoms with Gasteiger partial charge in [0, 0.05) is 25.2 Å². The Labute approximate surface area is 164 Å². The predicted molar refractivity (Wildman–Crippen MR) is 102 cm³/mol. The van der Waals surface area contributed by atoms with E-state index in [0.29, 0.717) is 5.84 Å². The Balaban J connectivity index is 0.00000261. The zero-order valence-electron chi connectivity index (χ0n) is 16.0. The standard InChI is InChI=1S/C19H24N7.ClH/c1-5-25-17-9-7-8-10-18(17)26(6-2)19(25)23-21-15(3)20-22-16-11-13-24(4)14-12-16;/h7-14H,5-6H2,1-4H3;1H/q+1;/p-1. The Morgan fingerprint density at radius 3 is 2.04 bits per heavy atom. The lowest BCUT2D eigenvalue weighted by molar-refractivity contribution is -0.671. The summed E-state index contributed by atoms with van der Waals surface area (Å²) < 4.78 is 6.26. The van der Waals surface area contributed by atoms with Crippen LogP contribution >= 0.6 is 0 Å². The minimum atomic E-state index is 0. The minimum absolute atomic E-state index is 0. The van der Waals surface area contributed by atoms with Gasteiger partial charge in [-0.1, -0.05) is 12.1 Å². The second kappa shape index (κ2) is 9.23. The maximum atomic E-state index is 4.47. The van der Waals surface area contributed by atoms with E-state index in [1.54, 1.807) is 6.92 Å². The molecule has 0 atom stereocenters. The van der Waals surface area contributed by atoms with Gasteiger partial charge in [-0.05, 0) is 32.9 Å². The molecule has 0 aliphatic rings. The lowest BCUT2D eigenvalue weighted by atomic mass is 10.3. The van der Waals surface area contributed by atoms with E-state index in [1.807, 2.05) is 48.3 Å². The minimum Gasteiger partial charge on any atom is -1.00 e. The number of imidazole rings is 1. The highest BCUT2D eigenvalue weighted by Crippen LogP contribution is 2.12. The molecule has 0 aliphatic heterocycles. The van der Waals surface area contributed by atoms with Gasteiger partial charge in [0.2, 0.25) is 5.62 Å². The molecule has 0 saturated carbocycles. The van der Waals surface area contributed by atoms with Gasteiger partial charge < -0.3 is 21.5 Å². The maximum absolute atomic E-state index is 4.47. The zero-order chi connectivity index (χ0) is 18.5. The van der Waals surface area contributed by atoms with Crippen molar-refractivity contribution in [3.05, 3.63) is 54.4 Å². The molecule has 0 radical (unpaired) electrons. The summed E-state index contributed by atoms with van der Waals surface area (Å²) in [5.41, 5.74) is 3.91. The van der Waals surface area contributed by atoms with Crippen molar-refractivity contribution < 1.29 is 17.0 Å². The number of fused-ring (bicyclic) bond motifs is 1. The molecule has 0 unspecified atom stereocenters. The van der Waals surface area contributed by atoms with Crippen LogP contribution in [0.15, 0.2) is 69.2 Å². The van der Waals surface area contributed by atoms with Gasteiger partial charge in [-0.15, -0.1) is 20.4 Å². The topological polar surface area (TPSA) is 63.2 Å². The van der Waals surface area contributed by atoms with E-state index in [-0.39, 0.29) is 12.4 Å². The third kappa shape index (κ3) is 4.49. The summed E-state index contributed by atoms with van der Waals surface area (Å²) in [5, 5.41) is 17.1. The molecule has 3 aromatic rings. The fourth-order valence-electron chi connectivity index (χ4n) is 2.84. The highest BCUT2D eigenvalue weighted by Gasteiger charge is 2.08. The molecule has 0 aliphatic carbocycles. The third-order valence-corrected chi connectivity index (χ3v) is 4.13. The lowest BCUT2D eigenvalue weighted by Gasteiger charge is -1.99. The average molecular weight is 386 g/mol. The fourth-order valence-corrected chi connectivity index (χ4v) is 2.84. The number of pyridine rings is 1. The van der Waals surface area contributed by atoms with Crippen molar-refractivity contribution >= 4 is 22.6 Å². The molecule has 0 spiro atoms. The van der Waals surface area contributed by atoms with Gasteiger partial charge in [-0.3, -0.25) is 0 Å². The number of amidine groups is 1. The quantitative estimate of drug-likeness (QED) is 0.204. The van der Waals surface area contributed by atoms with E-state index in [0.717, 1.165) is 35.4 Å². The summed E-state index contributed by atoms with van der Waals surface area (Å²) in [7, 11) is 1.96. The van der Waals surface area contributed by atoms with Crippen molar-refractivity contribution in [2.45, 2.75) is 33.9 Å². The molecule has 3 rings (SSSR count). The van der Waals surface area contributed by atoms with E-state index < -0.39 is 0 Å². The number of hydrogen-bond acceptors (Lipinski definition) is 3. The first-order chi connectivity index (χ1) is 12.6. The molecule has 8 heteroatoms. The molecule has 0 N–H and O–H groups in total. The Morgan fingerprint density at radius 2 is 1.52 bits per heavy atom. The second-order valence-corrected chi connectivity index (χ2v) is 5.95. The molecular weight excluding hydrogens is 362 g/mol. The van der Waals surface area contributed by atoms with E-state index in [1.165, 1.54) is 0 Å². The van der Waals surface area contributed by atoms with Crippen LogP contribution in [0, 0.1) is 0 Å². The molecule has 142 valence electrons. The first-order valence-electron chi connectivity index (χ1n) is 8.77. The molecule has 0 bridgehead atoms. The number of rotatable bonds is 4. The largest absolute Gasteiger partial charge is 1.00 e. The molecule has 2 heterocycles. The van der Waals surface area contributed by atoms with E-state index in [4.69, 9.17) is 0 Å². The fraction of sp³-hybridized carbons (Fsp3) is 0.316. The summed E-state index contributed by atoms with van der Waals surface area (Å²) in [4.78, 5) is 0. The van der Waals surface area contributed by atoms with Crippen LogP contribution in [0.3, 0.4) is 0 Å². The van der Waals surface area contributed by atoms with Gasteiger partial charge in [0.15, 0.2) is 18.2 Å². The lowest BCUT2D eigenvalue weighted by Crippen LogP contribution is -3.00. The summed E-state index contributed by atoms with van der Waals surface area (Å²) in [6.07, 6.45) is 3.85. The van der Waals surface area contributed by atoms with Crippen molar-refractivity contribution in [3.8, 4) is 0 Å². The second-order valence-electron chi connectivity index (χ2n) is 5.95. The number of nitrogens with zero attached hydrogens (tertiary/aromatic N) is 7. The van der Waals surface area contributed by atoms with Crippen LogP contribution in [-0.4, -0.2) is 15.0 Å². The number of halogens is 1. The van der Waals surface area contributed by atoms with Crippen LogP contribution in [0.5, 0.6) is 0 Å². The van der Waals surface area contributed by atoms with Crippen LogP contribution in [0.1, 0.15) is 20.8 Å². The Hall–Kier alpha value is -2.80. The van der Waals surface area contributed by atoms with Crippen LogP contribution in [0.25, 0.3) is 11.0 Å². The zero-order valence-corrected chi connectivity index (χ0v) is 16.8. The summed E-state index contributed by atoms with van der Waals surface area (Å²) >= 11 is 0. The first kappa shape index (κ1) is 20.5. The van der Waals surface area contributed by atoms with Crippen molar-refractivity contribution in [1.82, 2.24) is 9.13 Å². The Bertz CT molecular complexity index is 982. The monoisotopic (exact) mass is 385 g/mol. The molecule has 7 nitrogen and oxygen atoms in total. The van der Waals surface area contributed by atoms with Crippen LogP contribution in [0.2, 0.25) is 0 Å². The smallest absolute Gasteiger partial charge is 0.230 e. The summed E-state index contributed by atoms with van der Waals surface area (Å²) in [6.45, 7) is 7.66. The maximum Gasteiger partial charge on any atom is 0.230 e. The normalized spacial score (nSPS) is 11.8. The highest BCUT2D eigenvalue weighted by molar-refractivity contribution is 5.80. The van der Waals surface area contributed by atoms with Gasteiger partial charge in [-0.25, -0.2) is 4.57 Å². The van der Waals surface area contributed by atoms with Gasteiger partial charge in [-0.2, -0.15) is 0 Å². The van der Waals surface area contributed by atoms with Crippen molar-refractivity contribution in [2.24, 2.45) is 27.5 Å².